The first-order valence-corrected chi connectivity index (χ1v) is 10.6. The van der Waals surface area contributed by atoms with E-state index in [1.807, 2.05) is 30.3 Å². The molecule has 1 aromatic heterocycles. The number of H-pyrrole nitrogens is 1. The summed E-state index contributed by atoms with van der Waals surface area (Å²) in [6, 6.07) is 16.9. The van der Waals surface area contributed by atoms with Crippen LogP contribution in [0.3, 0.4) is 0 Å². The van der Waals surface area contributed by atoms with E-state index < -0.39 is 9.84 Å². The Morgan fingerprint density at radius 2 is 1.73 bits per heavy atom. The molecule has 0 unspecified atom stereocenters. The van der Waals surface area contributed by atoms with E-state index in [1.165, 1.54) is 6.42 Å². The van der Waals surface area contributed by atoms with Gasteiger partial charge in [0.1, 0.15) is 0 Å². The maximum Gasteiger partial charge on any atom is 0.214 e. The molecule has 1 fully saturated rings. The van der Waals surface area contributed by atoms with Crippen LogP contribution in [0.25, 0.3) is 10.9 Å². The second kappa shape index (κ2) is 6.72. The van der Waals surface area contributed by atoms with Crippen molar-refractivity contribution in [1.29, 1.82) is 0 Å². The summed E-state index contributed by atoms with van der Waals surface area (Å²) in [5.74, 6) is 0. The van der Waals surface area contributed by atoms with Gasteiger partial charge in [-0.2, -0.15) is 0 Å². The van der Waals surface area contributed by atoms with Crippen molar-refractivity contribution in [1.82, 2.24) is 0 Å². The van der Waals surface area contributed by atoms with Crippen molar-refractivity contribution in [2.45, 2.75) is 42.0 Å². The van der Waals surface area contributed by atoms with Crippen LogP contribution in [0.15, 0.2) is 70.6 Å². The lowest BCUT2D eigenvalue weighted by molar-refractivity contribution is -0.347. The van der Waals surface area contributed by atoms with Gasteiger partial charge in [0.2, 0.25) is 15.4 Å². The number of hydrogen-bond donors (Lipinski definition) is 0. The van der Waals surface area contributed by atoms with Crippen LogP contribution in [0.5, 0.6) is 0 Å². The number of hydrogen-bond acceptors (Lipinski definition) is 3. The molecule has 0 aliphatic carbocycles. The van der Waals surface area contributed by atoms with E-state index in [9.17, 15) is 8.42 Å². The summed E-state index contributed by atoms with van der Waals surface area (Å²) in [6.45, 7) is 3.07. The number of nitrogens with zero attached hydrogens (tertiary/aromatic N) is 1. The normalized spacial score (nSPS) is 18.2. The molecule has 1 aliphatic heterocycles. The average Bonchev–Trinajstić information content (AvgIpc) is 2.68. The number of para-hydroxylation sites is 1. The van der Waals surface area contributed by atoms with Gasteiger partial charge in [-0.25, -0.2) is 13.4 Å². The predicted octanol–water partition coefficient (Wildman–Crippen LogP) is 3.87. The van der Waals surface area contributed by atoms with Crippen molar-refractivity contribution in [2.24, 2.45) is 0 Å². The summed E-state index contributed by atoms with van der Waals surface area (Å²) in [5, 5.41) is 0.957. The fourth-order valence-corrected chi connectivity index (χ4v) is 5.28. The highest BCUT2D eigenvalue weighted by Gasteiger charge is 2.31. The lowest BCUT2D eigenvalue weighted by Crippen LogP contribution is -2.38. The Morgan fingerprint density at radius 3 is 2.50 bits per heavy atom. The van der Waals surface area contributed by atoms with Crippen LogP contribution in [0.2, 0.25) is 0 Å². The first-order chi connectivity index (χ1) is 12.6. The van der Waals surface area contributed by atoms with Crippen molar-refractivity contribution in [2.75, 3.05) is 11.4 Å². The van der Waals surface area contributed by atoms with Gasteiger partial charge < -0.3 is 4.90 Å². The van der Waals surface area contributed by atoms with Gasteiger partial charge in [0.05, 0.1) is 16.0 Å². The van der Waals surface area contributed by atoms with Crippen LogP contribution < -0.4 is 9.88 Å². The number of benzene rings is 2. The molecule has 0 radical (unpaired) electrons. The molecule has 1 atom stereocenters. The van der Waals surface area contributed by atoms with Crippen molar-refractivity contribution in [3.8, 4) is 0 Å². The third kappa shape index (κ3) is 2.86. The van der Waals surface area contributed by atoms with E-state index in [4.69, 9.17) is 0 Å². The van der Waals surface area contributed by atoms with Gasteiger partial charge in [-0.1, -0.05) is 30.3 Å². The topological polar surface area (TPSA) is 51.5 Å². The average molecular weight is 367 g/mol. The van der Waals surface area contributed by atoms with E-state index in [0.29, 0.717) is 15.8 Å². The molecule has 2 aromatic carbocycles. The van der Waals surface area contributed by atoms with Crippen LogP contribution in [-0.4, -0.2) is 21.0 Å². The Kier molecular flexibility index (Phi) is 4.41. The van der Waals surface area contributed by atoms with E-state index in [-0.39, 0.29) is 0 Å². The van der Waals surface area contributed by atoms with E-state index in [0.717, 1.165) is 36.0 Å². The molecule has 0 bridgehead atoms. The van der Waals surface area contributed by atoms with Crippen molar-refractivity contribution < 1.29 is 13.4 Å². The Bertz CT molecular complexity index is 1030. The number of aromatic nitrogens is 1. The minimum atomic E-state index is -3.61. The van der Waals surface area contributed by atoms with Crippen LogP contribution >= 0.6 is 0 Å². The third-order valence-corrected chi connectivity index (χ3v) is 6.99. The Hall–Kier alpha value is -2.40. The molecule has 1 N–H and O–H groups in total. The van der Waals surface area contributed by atoms with Gasteiger partial charge in [0.15, 0.2) is 11.1 Å². The molecule has 2 heterocycles. The predicted molar refractivity (Wildman–Crippen MR) is 103 cm³/mol. The number of anilines is 1. The lowest BCUT2D eigenvalue weighted by atomic mass is 10.0. The zero-order valence-corrected chi connectivity index (χ0v) is 15.7. The summed E-state index contributed by atoms with van der Waals surface area (Å²) in [6.07, 6.45) is 5.01. The Labute approximate surface area is 154 Å². The monoisotopic (exact) mass is 367 g/mol. The summed E-state index contributed by atoms with van der Waals surface area (Å²) in [7, 11) is -3.61. The number of aromatic amines is 1. The van der Waals surface area contributed by atoms with Crippen molar-refractivity contribution in [3.05, 3.63) is 60.8 Å². The highest BCUT2D eigenvalue weighted by Crippen LogP contribution is 2.37. The third-order valence-electron chi connectivity index (χ3n) is 5.21. The van der Waals surface area contributed by atoms with Gasteiger partial charge in [-0.3, -0.25) is 0 Å². The number of fused-ring (bicyclic) bond motifs is 1. The molecule has 134 valence electrons. The zero-order chi connectivity index (χ0) is 18.1. The Morgan fingerprint density at radius 1 is 1.00 bits per heavy atom. The minimum absolute atomic E-state index is 0.319. The van der Waals surface area contributed by atoms with Gasteiger partial charge in [-0.15, -0.1) is 0 Å². The summed E-state index contributed by atoms with van der Waals surface area (Å²) < 4.78 is 26.8. The number of nitrogens with one attached hydrogen (secondary N) is 1. The van der Waals surface area contributed by atoms with Crippen LogP contribution in [0.4, 0.5) is 5.69 Å². The molecule has 0 amide bonds. The Balaban J connectivity index is 1.99. The molecular formula is C21H23N2O2S+. The van der Waals surface area contributed by atoms with Crippen LogP contribution in [0.1, 0.15) is 26.2 Å². The SMILES string of the molecule is C[C@H]1CCCCN1c1c(S(=O)(=O)c2ccccc2)c[nH+]c2ccccc12. The first-order valence-electron chi connectivity index (χ1n) is 9.09. The minimum Gasteiger partial charge on any atom is -0.367 e. The van der Waals surface area contributed by atoms with Gasteiger partial charge in [0.25, 0.3) is 0 Å². The molecule has 5 heteroatoms. The van der Waals surface area contributed by atoms with E-state index in [1.54, 1.807) is 30.5 Å². The second-order valence-corrected chi connectivity index (χ2v) is 8.82. The summed E-state index contributed by atoms with van der Waals surface area (Å²) >= 11 is 0. The van der Waals surface area contributed by atoms with Crippen LogP contribution in [0, 0.1) is 0 Å². The molecule has 1 saturated heterocycles. The molecule has 3 aromatic rings. The van der Waals surface area contributed by atoms with Gasteiger partial charge in [-0.05, 0) is 44.4 Å². The molecule has 4 rings (SSSR count). The standard InChI is InChI=1S/C21H22N2O2S/c1-16-9-7-8-14-23(16)21-18-12-5-6-13-19(18)22-15-20(21)26(24,25)17-10-3-2-4-11-17/h2-6,10-13,15-16H,7-9,14H2,1H3/p+1/t16-/m0/s1. The largest absolute Gasteiger partial charge is 0.367 e. The summed E-state index contributed by atoms with van der Waals surface area (Å²) in [4.78, 5) is 6.14. The van der Waals surface area contributed by atoms with Gasteiger partial charge >= 0.3 is 0 Å². The maximum atomic E-state index is 13.4. The molecule has 26 heavy (non-hydrogen) atoms. The fraction of sp³-hybridized carbons (Fsp3) is 0.286. The molecular weight excluding hydrogens is 344 g/mol. The summed E-state index contributed by atoms with van der Waals surface area (Å²) in [5.41, 5.74) is 1.78. The molecule has 0 saturated carbocycles. The number of pyridine rings is 1. The van der Waals surface area contributed by atoms with E-state index >= 15 is 0 Å². The maximum absolute atomic E-state index is 13.4. The smallest absolute Gasteiger partial charge is 0.214 e. The van der Waals surface area contributed by atoms with E-state index in [2.05, 4.69) is 16.8 Å². The molecule has 4 nitrogen and oxygen atoms in total. The highest BCUT2D eigenvalue weighted by molar-refractivity contribution is 7.91. The highest BCUT2D eigenvalue weighted by atomic mass is 32.2. The molecule has 0 spiro atoms. The number of piperidine rings is 1. The van der Waals surface area contributed by atoms with Gasteiger partial charge in [0, 0.05) is 18.7 Å². The number of sulfone groups is 1. The quantitative estimate of drug-likeness (QED) is 0.706. The molecule has 1 aliphatic rings. The van der Waals surface area contributed by atoms with Crippen molar-refractivity contribution >= 4 is 26.4 Å². The fourth-order valence-electron chi connectivity index (χ4n) is 3.82. The van der Waals surface area contributed by atoms with Crippen LogP contribution in [-0.2, 0) is 9.84 Å². The zero-order valence-electron chi connectivity index (χ0n) is 14.9. The number of rotatable bonds is 3. The van der Waals surface area contributed by atoms with Crippen molar-refractivity contribution in [3.63, 3.8) is 0 Å². The lowest BCUT2D eigenvalue weighted by Gasteiger charge is -2.36. The first kappa shape index (κ1) is 17.0. The second-order valence-electron chi connectivity index (χ2n) is 6.90.